The predicted molar refractivity (Wildman–Crippen MR) is 214 cm³/mol. The quantitative estimate of drug-likeness (QED) is 0.0290. The van der Waals surface area contributed by atoms with E-state index < -0.39 is 43.4 Å². The first kappa shape index (κ1) is 48.9. The van der Waals surface area contributed by atoms with Gasteiger partial charge in [0.15, 0.2) is 6.29 Å². The molecule has 0 aromatic rings. The third kappa shape index (κ3) is 27.2. The van der Waals surface area contributed by atoms with Crippen molar-refractivity contribution in [3.8, 4) is 0 Å². The van der Waals surface area contributed by atoms with Crippen LogP contribution in [0.4, 0.5) is 0 Å². The maximum atomic E-state index is 12.7. The summed E-state index contributed by atoms with van der Waals surface area (Å²) in [5, 5.41) is 40.0. The van der Waals surface area contributed by atoms with Crippen LogP contribution in [-0.4, -0.2) is 89.6 Å². The number of carbonyl (C=O) groups excluding carboxylic acids is 1. The molecule has 4 N–H and O–H groups in total. The maximum absolute atomic E-state index is 12.7. The molecule has 0 amide bonds. The zero-order chi connectivity index (χ0) is 38.6. The van der Waals surface area contributed by atoms with Crippen LogP contribution >= 0.6 is 0 Å². The van der Waals surface area contributed by atoms with Gasteiger partial charge in [0, 0.05) is 13.0 Å². The Balaban J connectivity index is 2.32. The van der Waals surface area contributed by atoms with E-state index in [1.165, 1.54) is 38.5 Å². The fourth-order valence-electron chi connectivity index (χ4n) is 5.87. The number of hydrogen-bond donors (Lipinski definition) is 4. The average Bonchev–Trinajstić information content (AvgIpc) is 3.16. The Morgan fingerprint density at radius 1 is 0.623 bits per heavy atom. The van der Waals surface area contributed by atoms with Crippen molar-refractivity contribution < 1.29 is 44.2 Å². The molecule has 0 saturated carbocycles. The molecule has 6 atom stereocenters. The van der Waals surface area contributed by atoms with Crippen molar-refractivity contribution in [3.63, 3.8) is 0 Å². The molecule has 53 heavy (non-hydrogen) atoms. The third-order valence-electron chi connectivity index (χ3n) is 9.17. The molecule has 0 aromatic heterocycles. The van der Waals surface area contributed by atoms with E-state index in [2.05, 4.69) is 74.6 Å². The number of aliphatic hydroxyl groups is 4. The molecule has 6 unspecified atom stereocenters. The van der Waals surface area contributed by atoms with Crippen molar-refractivity contribution in [2.75, 3.05) is 26.4 Å². The van der Waals surface area contributed by atoms with Crippen LogP contribution in [0.15, 0.2) is 60.8 Å². The van der Waals surface area contributed by atoms with Crippen LogP contribution in [0, 0.1) is 0 Å². The van der Waals surface area contributed by atoms with Crippen molar-refractivity contribution in [2.24, 2.45) is 0 Å². The summed E-state index contributed by atoms with van der Waals surface area (Å²) in [6.07, 6.45) is 36.7. The summed E-state index contributed by atoms with van der Waals surface area (Å²) in [6, 6.07) is 0. The summed E-state index contributed by atoms with van der Waals surface area (Å²) in [6.45, 7) is 4.34. The minimum atomic E-state index is -1.54. The summed E-state index contributed by atoms with van der Waals surface area (Å²) in [7, 11) is 0. The average molecular weight is 749 g/mol. The van der Waals surface area contributed by atoms with E-state index in [9.17, 15) is 25.2 Å². The lowest BCUT2D eigenvalue weighted by Gasteiger charge is -2.39. The minimum Gasteiger partial charge on any atom is -0.457 e. The number of unbranched alkanes of at least 4 members (excludes halogenated alkanes) is 13. The Kier molecular flexibility index (Phi) is 32.8. The van der Waals surface area contributed by atoms with Crippen molar-refractivity contribution in [1.82, 2.24) is 0 Å². The molecule has 1 aliphatic heterocycles. The Bertz CT molecular complexity index is 989. The smallest absolute Gasteiger partial charge is 0.306 e. The highest BCUT2D eigenvalue weighted by atomic mass is 16.7. The molecule has 1 rings (SSSR count). The zero-order valence-corrected chi connectivity index (χ0v) is 33.2. The van der Waals surface area contributed by atoms with Gasteiger partial charge in [-0.25, -0.2) is 0 Å². The summed E-state index contributed by atoms with van der Waals surface area (Å²) in [5.41, 5.74) is 0. The van der Waals surface area contributed by atoms with Crippen LogP contribution in [0.3, 0.4) is 0 Å². The van der Waals surface area contributed by atoms with Gasteiger partial charge in [-0.05, 0) is 70.6 Å². The first-order valence-electron chi connectivity index (χ1n) is 20.9. The summed E-state index contributed by atoms with van der Waals surface area (Å²) in [5.74, 6) is -0.336. The number of carbonyl (C=O) groups is 1. The Hall–Kier alpha value is -2.11. The van der Waals surface area contributed by atoms with E-state index in [4.69, 9.17) is 18.9 Å². The number of aliphatic hydroxyl groups excluding tert-OH is 4. The molecule has 9 heteroatoms. The number of rotatable bonds is 34. The summed E-state index contributed by atoms with van der Waals surface area (Å²) < 4.78 is 22.7. The van der Waals surface area contributed by atoms with Gasteiger partial charge in [0.05, 0.1) is 19.8 Å². The van der Waals surface area contributed by atoms with Crippen molar-refractivity contribution in [1.29, 1.82) is 0 Å². The van der Waals surface area contributed by atoms with Gasteiger partial charge < -0.3 is 39.4 Å². The fourth-order valence-corrected chi connectivity index (χ4v) is 5.87. The number of ether oxygens (including phenoxy) is 4. The van der Waals surface area contributed by atoms with Gasteiger partial charge in [0.1, 0.15) is 30.5 Å². The largest absolute Gasteiger partial charge is 0.457 e. The molecule has 1 saturated heterocycles. The van der Waals surface area contributed by atoms with Crippen LogP contribution in [0.25, 0.3) is 0 Å². The molecule has 1 heterocycles. The highest BCUT2D eigenvalue weighted by molar-refractivity contribution is 5.69. The Morgan fingerprint density at radius 2 is 1.15 bits per heavy atom. The highest BCUT2D eigenvalue weighted by Gasteiger charge is 2.44. The molecule has 0 spiro atoms. The molecule has 9 nitrogen and oxygen atoms in total. The van der Waals surface area contributed by atoms with Gasteiger partial charge in [-0.15, -0.1) is 0 Å². The van der Waals surface area contributed by atoms with Crippen LogP contribution in [-0.2, 0) is 23.7 Å². The van der Waals surface area contributed by atoms with Crippen molar-refractivity contribution >= 4 is 5.97 Å². The summed E-state index contributed by atoms with van der Waals surface area (Å²) in [4.78, 5) is 12.7. The normalized spacial score (nSPS) is 21.7. The van der Waals surface area contributed by atoms with E-state index in [1.807, 2.05) is 0 Å². The van der Waals surface area contributed by atoms with Gasteiger partial charge in [-0.1, -0.05) is 132 Å². The van der Waals surface area contributed by atoms with E-state index in [-0.39, 0.29) is 19.2 Å². The summed E-state index contributed by atoms with van der Waals surface area (Å²) >= 11 is 0. The van der Waals surface area contributed by atoms with Crippen LogP contribution in [0.1, 0.15) is 149 Å². The Labute approximate surface area is 322 Å². The van der Waals surface area contributed by atoms with Crippen molar-refractivity contribution in [2.45, 2.75) is 185 Å². The molecule has 306 valence electrons. The third-order valence-corrected chi connectivity index (χ3v) is 9.17. The second-order valence-corrected chi connectivity index (χ2v) is 14.0. The van der Waals surface area contributed by atoms with Gasteiger partial charge >= 0.3 is 5.97 Å². The lowest BCUT2D eigenvalue weighted by Crippen LogP contribution is -2.59. The number of esters is 1. The number of hydrogen-bond acceptors (Lipinski definition) is 9. The van der Waals surface area contributed by atoms with E-state index >= 15 is 0 Å². The predicted octanol–water partition coefficient (Wildman–Crippen LogP) is 8.74. The van der Waals surface area contributed by atoms with Crippen LogP contribution in [0.2, 0.25) is 0 Å². The van der Waals surface area contributed by atoms with Crippen LogP contribution in [0.5, 0.6) is 0 Å². The van der Waals surface area contributed by atoms with Crippen LogP contribution < -0.4 is 0 Å². The molecule has 1 aliphatic rings. The SMILES string of the molecule is CC/C=C\C/C=C\C/C=C\CCCCCCCCOCC(COC1OC(CO)C(O)C(O)C1O)OC(=O)CCCCCCC/C=C\C/C=C\CCCC. The Morgan fingerprint density at radius 3 is 1.74 bits per heavy atom. The second kappa shape index (κ2) is 35.6. The first-order chi connectivity index (χ1) is 25.9. The zero-order valence-electron chi connectivity index (χ0n) is 33.2. The number of allylic oxidation sites excluding steroid dienone is 10. The highest BCUT2D eigenvalue weighted by Crippen LogP contribution is 2.22. The molecular weight excluding hydrogens is 672 g/mol. The molecule has 1 fully saturated rings. The van der Waals surface area contributed by atoms with Gasteiger partial charge in [0.25, 0.3) is 0 Å². The van der Waals surface area contributed by atoms with E-state index in [1.54, 1.807) is 0 Å². The van der Waals surface area contributed by atoms with Gasteiger partial charge in [0.2, 0.25) is 0 Å². The molecule has 0 bridgehead atoms. The molecule has 0 radical (unpaired) electrons. The second-order valence-electron chi connectivity index (χ2n) is 14.0. The molecular formula is C44H76O9. The van der Waals surface area contributed by atoms with Gasteiger partial charge in [-0.3, -0.25) is 4.79 Å². The minimum absolute atomic E-state index is 0.127. The maximum Gasteiger partial charge on any atom is 0.306 e. The van der Waals surface area contributed by atoms with E-state index in [0.717, 1.165) is 89.9 Å². The fraction of sp³-hybridized carbons (Fsp3) is 0.750. The van der Waals surface area contributed by atoms with E-state index in [0.29, 0.717) is 13.0 Å². The lowest BCUT2D eigenvalue weighted by molar-refractivity contribution is -0.305. The molecule has 0 aliphatic carbocycles. The van der Waals surface area contributed by atoms with Crippen molar-refractivity contribution in [3.05, 3.63) is 60.8 Å². The topological polar surface area (TPSA) is 135 Å². The monoisotopic (exact) mass is 749 g/mol. The standard InChI is InChI=1S/C44H76O9/c1-3-5-7-9-11-13-15-17-19-20-22-24-26-28-30-32-34-50-36-38(37-51-44-43(49)42(48)41(47)39(35-45)53-44)52-40(46)33-31-29-27-25-23-21-18-16-14-12-10-8-6-4-2/h5,7,10-13,16-19,38-39,41-45,47-49H,3-4,6,8-9,14-15,20-37H2,1-2H3/b7-5-,12-10-,13-11-,18-16-,19-17-. The van der Waals surface area contributed by atoms with Gasteiger partial charge in [-0.2, -0.15) is 0 Å². The first-order valence-corrected chi connectivity index (χ1v) is 20.9. The lowest BCUT2D eigenvalue weighted by atomic mass is 9.99. The molecule has 0 aromatic carbocycles.